The van der Waals surface area contributed by atoms with Gasteiger partial charge in [0.1, 0.15) is 42.3 Å². The predicted molar refractivity (Wildman–Crippen MR) is 216 cm³/mol. The lowest BCUT2D eigenvalue weighted by Gasteiger charge is -2.59. The lowest BCUT2D eigenvalue weighted by molar-refractivity contribution is -0.253. The summed E-state index contributed by atoms with van der Waals surface area (Å²) >= 11 is 5.91. The fourth-order valence-corrected chi connectivity index (χ4v) is 8.51. The van der Waals surface area contributed by atoms with Gasteiger partial charge in [-0.1, -0.05) is 30.1 Å². The van der Waals surface area contributed by atoms with Crippen LogP contribution in [0, 0.1) is 17.8 Å². The molecule has 0 radical (unpaired) electrons. The number of aliphatic hydroxyl groups excluding tert-OH is 2. The number of fused-ring (bicyclic) bond motifs is 2. The van der Waals surface area contributed by atoms with Crippen molar-refractivity contribution < 1.29 is 53.1 Å². The SMILES string of the molecule is C=CCOC12Oc3ccc(OC(=O)Nc4ccc(OC)cc4OC)cc3C3C(CCCCO)C(CCCCO)C=C(C(=NOCC)CC1N(C)C(=O)OCCCl)C32. The van der Waals surface area contributed by atoms with Crippen LogP contribution in [-0.4, -0.2) is 105 Å². The van der Waals surface area contributed by atoms with E-state index in [9.17, 15) is 19.8 Å². The minimum atomic E-state index is -1.45. The molecule has 2 amide bonds. The van der Waals surface area contributed by atoms with Crippen molar-refractivity contribution in [2.24, 2.45) is 22.9 Å². The molecule has 1 aliphatic heterocycles. The zero-order valence-corrected chi connectivity index (χ0v) is 34.0. The van der Waals surface area contributed by atoms with Gasteiger partial charge in [0, 0.05) is 44.2 Å². The number of rotatable bonds is 20. The van der Waals surface area contributed by atoms with Gasteiger partial charge in [-0.25, -0.2) is 9.59 Å². The number of amides is 2. The van der Waals surface area contributed by atoms with E-state index in [1.165, 1.54) is 12.0 Å². The molecule has 14 nitrogen and oxygen atoms in total. The average Bonchev–Trinajstić information content (AvgIpc) is 3.22. The fourth-order valence-electron chi connectivity index (χ4n) is 8.43. The van der Waals surface area contributed by atoms with Crippen molar-refractivity contribution in [1.82, 2.24) is 4.90 Å². The zero-order valence-electron chi connectivity index (χ0n) is 33.2. The molecule has 3 N–H and O–H groups in total. The van der Waals surface area contributed by atoms with E-state index in [4.69, 9.17) is 44.9 Å². The van der Waals surface area contributed by atoms with E-state index in [1.807, 2.05) is 13.0 Å². The molecule has 1 fully saturated rings. The number of unbranched alkanes of at least 4 members (excludes halogenated alkanes) is 2. The van der Waals surface area contributed by atoms with Crippen molar-refractivity contribution in [2.45, 2.75) is 69.6 Å². The minimum absolute atomic E-state index is 0.0167. The van der Waals surface area contributed by atoms with Gasteiger partial charge in [-0.15, -0.1) is 18.2 Å². The number of likely N-dealkylation sites (N-methyl/N-ethyl adjacent to an activating group) is 1. The third-order valence-electron chi connectivity index (χ3n) is 10.9. The quantitative estimate of drug-likeness (QED) is 0.0532. The first-order valence-corrected chi connectivity index (χ1v) is 20.1. The Bertz CT molecular complexity index is 1760. The predicted octanol–water partition coefficient (Wildman–Crippen LogP) is 7.28. The van der Waals surface area contributed by atoms with Gasteiger partial charge in [-0.2, -0.15) is 0 Å². The number of carbonyl (C=O) groups excluding carboxylic acids is 2. The van der Waals surface area contributed by atoms with Crippen LogP contribution in [0.2, 0.25) is 0 Å². The zero-order chi connectivity index (χ0) is 41.0. The normalized spacial score (nSPS) is 23.9. The summed E-state index contributed by atoms with van der Waals surface area (Å²) in [5.74, 6) is -0.419. The van der Waals surface area contributed by atoms with Crippen molar-refractivity contribution in [3.05, 3.63) is 66.3 Å². The number of benzene rings is 2. The number of oxime groups is 1. The topological polar surface area (TPSA) is 167 Å². The summed E-state index contributed by atoms with van der Waals surface area (Å²) in [5.41, 5.74) is 2.72. The number of nitrogens with one attached hydrogen (secondary N) is 1. The van der Waals surface area contributed by atoms with Crippen molar-refractivity contribution >= 4 is 35.2 Å². The lowest BCUT2D eigenvalue weighted by Crippen LogP contribution is -2.69. The molecular formula is C42H56ClN3O11. The first-order chi connectivity index (χ1) is 27.7. The van der Waals surface area contributed by atoms with Crippen LogP contribution in [-0.2, 0) is 14.3 Å². The van der Waals surface area contributed by atoms with E-state index in [0.29, 0.717) is 48.1 Å². The number of nitrogens with zero attached hydrogens (tertiary/aromatic N) is 2. The fraction of sp³-hybridized carbons (Fsp3) is 0.548. The van der Waals surface area contributed by atoms with Crippen LogP contribution in [0.25, 0.3) is 0 Å². The second-order valence-corrected chi connectivity index (χ2v) is 14.6. The highest BCUT2D eigenvalue weighted by molar-refractivity contribution is 6.18. The standard InChI is InChI=1S/C42H56ClN3O11/c1-6-21-54-42-37(46(3)41(50)53-22-18-43)26-34(45-55-7-2)31-23-27(12-8-10-19-47)30(13-9-11-20-48)38(39(31)42)32-24-29(15-17-35(32)57-42)56-40(49)44-33-16-14-28(51-4)25-36(33)52-5/h6,14-17,23-25,27,30,37-39,47-48H,1,7-13,18-22,26H2,2-5H3,(H,44,49). The maximum atomic E-state index is 13.6. The number of halogens is 1. The molecule has 6 atom stereocenters. The molecule has 2 aromatic carbocycles. The third kappa shape index (κ3) is 9.80. The Morgan fingerprint density at radius 1 is 1.07 bits per heavy atom. The molecule has 0 aromatic heterocycles. The number of allylic oxidation sites excluding steroid dienone is 1. The molecule has 3 aliphatic rings. The third-order valence-corrected chi connectivity index (χ3v) is 11.0. The van der Waals surface area contributed by atoms with Gasteiger partial charge in [0.25, 0.3) is 0 Å². The second-order valence-electron chi connectivity index (χ2n) is 14.2. The molecule has 0 spiro atoms. The van der Waals surface area contributed by atoms with Crippen LogP contribution < -0.4 is 24.3 Å². The number of hydrogen-bond donors (Lipinski definition) is 3. The Morgan fingerprint density at radius 2 is 1.82 bits per heavy atom. The summed E-state index contributed by atoms with van der Waals surface area (Å²) in [5, 5.41) is 27.0. The van der Waals surface area contributed by atoms with E-state index in [1.54, 1.807) is 50.6 Å². The molecule has 5 rings (SSSR count). The van der Waals surface area contributed by atoms with Crippen molar-refractivity contribution in [3.8, 4) is 23.0 Å². The smallest absolute Gasteiger partial charge is 0.417 e. The maximum absolute atomic E-state index is 13.6. The minimum Gasteiger partial charge on any atom is -0.497 e. The number of methoxy groups -OCH3 is 2. The number of ether oxygens (including phenoxy) is 6. The van der Waals surface area contributed by atoms with Crippen LogP contribution in [0.5, 0.6) is 23.0 Å². The van der Waals surface area contributed by atoms with Crippen LogP contribution in [0.15, 0.2) is 65.9 Å². The number of alkyl halides is 1. The van der Waals surface area contributed by atoms with E-state index in [0.717, 1.165) is 36.8 Å². The summed E-state index contributed by atoms with van der Waals surface area (Å²) in [6, 6.07) is 9.52. The Kier molecular flexibility index (Phi) is 15.9. The molecule has 0 saturated heterocycles. The molecule has 57 heavy (non-hydrogen) atoms. The van der Waals surface area contributed by atoms with E-state index < -0.39 is 29.9 Å². The van der Waals surface area contributed by atoms with Gasteiger partial charge < -0.3 is 48.4 Å². The number of carbonyl (C=O) groups is 2. The molecule has 2 aliphatic carbocycles. The number of hydrogen-bond acceptors (Lipinski definition) is 12. The molecule has 0 bridgehead atoms. The average molecular weight is 814 g/mol. The van der Waals surface area contributed by atoms with Gasteiger partial charge in [0.05, 0.1) is 44.0 Å². The summed E-state index contributed by atoms with van der Waals surface area (Å²) < 4.78 is 36.1. The molecule has 2 aromatic rings. The van der Waals surface area contributed by atoms with E-state index in [2.05, 4.69) is 23.1 Å². The van der Waals surface area contributed by atoms with Crippen LogP contribution in [0.3, 0.4) is 0 Å². The lowest BCUT2D eigenvalue weighted by atomic mass is 9.55. The van der Waals surface area contributed by atoms with E-state index >= 15 is 0 Å². The Morgan fingerprint density at radius 3 is 2.51 bits per heavy atom. The summed E-state index contributed by atoms with van der Waals surface area (Å²) in [6.07, 6.45) is 7.10. The van der Waals surface area contributed by atoms with Crippen LogP contribution in [0.1, 0.15) is 63.4 Å². The molecular weight excluding hydrogens is 758 g/mol. The molecule has 1 heterocycles. The van der Waals surface area contributed by atoms with Crippen LogP contribution in [0.4, 0.5) is 15.3 Å². The van der Waals surface area contributed by atoms with Crippen LogP contribution >= 0.6 is 11.6 Å². The largest absolute Gasteiger partial charge is 0.497 e. The first kappa shape index (κ1) is 43.6. The summed E-state index contributed by atoms with van der Waals surface area (Å²) in [4.78, 5) is 34.2. The van der Waals surface area contributed by atoms with Gasteiger partial charge >= 0.3 is 12.2 Å². The number of anilines is 1. The van der Waals surface area contributed by atoms with Gasteiger partial charge in [-0.3, -0.25) is 5.32 Å². The monoisotopic (exact) mass is 813 g/mol. The highest BCUT2D eigenvalue weighted by Crippen LogP contribution is 2.61. The second kappa shape index (κ2) is 20.8. The van der Waals surface area contributed by atoms with Gasteiger partial charge in [-0.05, 0) is 80.3 Å². The van der Waals surface area contributed by atoms with Crippen molar-refractivity contribution in [1.29, 1.82) is 0 Å². The highest BCUT2D eigenvalue weighted by atomic mass is 35.5. The molecule has 312 valence electrons. The van der Waals surface area contributed by atoms with Crippen molar-refractivity contribution in [3.63, 3.8) is 0 Å². The Labute approximate surface area is 339 Å². The molecule has 6 unspecified atom stereocenters. The summed E-state index contributed by atoms with van der Waals surface area (Å²) in [7, 11) is 4.68. The number of aliphatic hydroxyl groups is 2. The van der Waals surface area contributed by atoms with E-state index in [-0.39, 0.29) is 62.2 Å². The first-order valence-electron chi connectivity index (χ1n) is 19.6. The Hall–Kier alpha value is -4.50. The summed E-state index contributed by atoms with van der Waals surface area (Å²) in [6.45, 7) is 6.37. The maximum Gasteiger partial charge on any atom is 0.417 e. The molecule has 15 heteroatoms. The Balaban J connectivity index is 1.67. The molecule has 1 saturated carbocycles. The van der Waals surface area contributed by atoms with Gasteiger partial charge in [0.2, 0.25) is 5.79 Å². The van der Waals surface area contributed by atoms with Gasteiger partial charge in [0.15, 0.2) is 0 Å². The highest BCUT2D eigenvalue weighted by Gasteiger charge is 2.65. The van der Waals surface area contributed by atoms with Crippen molar-refractivity contribution in [2.75, 3.05) is 65.5 Å².